The van der Waals surface area contributed by atoms with Gasteiger partial charge in [0.1, 0.15) is 0 Å². The summed E-state index contributed by atoms with van der Waals surface area (Å²) in [6.07, 6.45) is 0. The predicted octanol–water partition coefficient (Wildman–Crippen LogP) is 0.676. The first-order valence-electron chi connectivity index (χ1n) is 7.56. The Balaban J connectivity index is 0.00000288. The molecule has 1 saturated heterocycles. The highest BCUT2D eigenvalue weighted by Gasteiger charge is 2.21. The van der Waals surface area contributed by atoms with Crippen LogP contribution in [0.5, 0.6) is 11.5 Å². The van der Waals surface area contributed by atoms with E-state index in [0.29, 0.717) is 30.2 Å². The van der Waals surface area contributed by atoms with E-state index in [1.165, 1.54) is 14.2 Å². The molecule has 0 aliphatic carbocycles. The fourth-order valence-electron chi connectivity index (χ4n) is 2.51. The Morgan fingerprint density at radius 3 is 2.62 bits per heavy atom. The number of benzene rings is 1. The molecule has 1 fully saturated rings. The summed E-state index contributed by atoms with van der Waals surface area (Å²) in [6, 6.07) is 5.15. The SMILES string of the molecule is COc1ccc(C(=O)NCC(=O)N2CCN[C@H](C)C2)cc1OC.Cl. The summed E-state index contributed by atoms with van der Waals surface area (Å²) in [5, 5.41) is 5.93. The van der Waals surface area contributed by atoms with Gasteiger partial charge in [0.05, 0.1) is 20.8 Å². The quantitative estimate of drug-likeness (QED) is 0.810. The monoisotopic (exact) mass is 357 g/mol. The van der Waals surface area contributed by atoms with Crippen LogP contribution in [-0.4, -0.2) is 63.2 Å². The van der Waals surface area contributed by atoms with Crippen molar-refractivity contribution in [3.63, 3.8) is 0 Å². The molecular formula is C16H24ClN3O4. The minimum Gasteiger partial charge on any atom is -0.493 e. The molecule has 0 unspecified atom stereocenters. The largest absolute Gasteiger partial charge is 0.493 e. The topological polar surface area (TPSA) is 79.9 Å². The van der Waals surface area contributed by atoms with Crippen molar-refractivity contribution in [2.75, 3.05) is 40.4 Å². The molecule has 1 aromatic carbocycles. The van der Waals surface area contributed by atoms with Crippen LogP contribution >= 0.6 is 12.4 Å². The van der Waals surface area contributed by atoms with Gasteiger partial charge < -0.3 is 25.0 Å². The third-order valence-corrected chi connectivity index (χ3v) is 3.77. The van der Waals surface area contributed by atoms with Gasteiger partial charge in [-0.1, -0.05) is 0 Å². The lowest BCUT2D eigenvalue weighted by atomic mass is 10.2. The number of piperazine rings is 1. The highest BCUT2D eigenvalue weighted by molar-refractivity contribution is 5.97. The van der Waals surface area contributed by atoms with Crippen molar-refractivity contribution in [3.8, 4) is 11.5 Å². The summed E-state index contributed by atoms with van der Waals surface area (Å²) in [6.45, 7) is 4.11. The van der Waals surface area contributed by atoms with Crippen molar-refractivity contribution in [1.29, 1.82) is 0 Å². The van der Waals surface area contributed by atoms with Crippen LogP contribution < -0.4 is 20.1 Å². The summed E-state index contributed by atoms with van der Waals surface area (Å²) in [4.78, 5) is 26.1. The maximum atomic E-state index is 12.2. The molecule has 134 valence electrons. The van der Waals surface area contributed by atoms with Gasteiger partial charge in [-0.15, -0.1) is 12.4 Å². The van der Waals surface area contributed by atoms with Gasteiger partial charge in [-0.2, -0.15) is 0 Å². The molecule has 0 spiro atoms. The molecule has 2 amide bonds. The fourth-order valence-corrected chi connectivity index (χ4v) is 2.51. The number of hydrogen-bond acceptors (Lipinski definition) is 5. The van der Waals surface area contributed by atoms with Crippen molar-refractivity contribution in [1.82, 2.24) is 15.5 Å². The standard InChI is InChI=1S/C16H23N3O4.ClH/c1-11-10-19(7-6-17-11)15(20)9-18-16(21)12-4-5-13(22-2)14(8-12)23-3;/h4-5,8,11,17H,6-7,9-10H2,1-3H3,(H,18,21);1H/t11-;/m1./s1. The lowest BCUT2D eigenvalue weighted by Crippen LogP contribution is -2.53. The molecule has 24 heavy (non-hydrogen) atoms. The van der Waals surface area contributed by atoms with E-state index in [2.05, 4.69) is 10.6 Å². The van der Waals surface area contributed by atoms with Crippen LogP contribution in [0.2, 0.25) is 0 Å². The normalized spacial score (nSPS) is 16.8. The van der Waals surface area contributed by atoms with Gasteiger partial charge in [0.15, 0.2) is 11.5 Å². The van der Waals surface area contributed by atoms with E-state index in [1.54, 1.807) is 23.1 Å². The van der Waals surface area contributed by atoms with Crippen molar-refractivity contribution in [2.24, 2.45) is 0 Å². The number of ether oxygens (including phenoxy) is 2. The van der Waals surface area contributed by atoms with Crippen molar-refractivity contribution >= 4 is 24.2 Å². The first-order valence-corrected chi connectivity index (χ1v) is 7.56. The molecule has 0 radical (unpaired) electrons. The number of amides is 2. The zero-order valence-corrected chi connectivity index (χ0v) is 14.9. The smallest absolute Gasteiger partial charge is 0.251 e. The Hall–Kier alpha value is -1.99. The molecule has 1 aliphatic rings. The van der Waals surface area contributed by atoms with Crippen LogP contribution in [0.4, 0.5) is 0 Å². The van der Waals surface area contributed by atoms with Crippen LogP contribution in [0.25, 0.3) is 0 Å². The number of nitrogens with one attached hydrogen (secondary N) is 2. The van der Waals surface area contributed by atoms with Crippen LogP contribution in [0.1, 0.15) is 17.3 Å². The van der Waals surface area contributed by atoms with Crippen LogP contribution in [0.15, 0.2) is 18.2 Å². The Morgan fingerprint density at radius 2 is 2.00 bits per heavy atom. The number of carbonyl (C=O) groups excluding carboxylic acids is 2. The third kappa shape index (κ3) is 5.01. The van der Waals surface area contributed by atoms with Crippen molar-refractivity contribution in [3.05, 3.63) is 23.8 Å². The second kappa shape index (κ2) is 9.34. The number of hydrogen-bond donors (Lipinski definition) is 2. The zero-order valence-electron chi connectivity index (χ0n) is 14.1. The Morgan fingerprint density at radius 1 is 1.29 bits per heavy atom. The molecule has 1 aromatic rings. The van der Waals surface area contributed by atoms with E-state index in [-0.39, 0.29) is 36.8 Å². The van der Waals surface area contributed by atoms with E-state index >= 15 is 0 Å². The van der Waals surface area contributed by atoms with Crippen LogP contribution in [0, 0.1) is 0 Å². The minimum atomic E-state index is -0.317. The summed E-state index contributed by atoms with van der Waals surface area (Å²) in [7, 11) is 3.04. The number of halogens is 1. The summed E-state index contributed by atoms with van der Waals surface area (Å²) >= 11 is 0. The fraction of sp³-hybridized carbons (Fsp3) is 0.500. The molecule has 2 rings (SSSR count). The predicted molar refractivity (Wildman–Crippen MR) is 93.2 cm³/mol. The summed E-state index contributed by atoms with van der Waals surface area (Å²) in [5.41, 5.74) is 0.420. The molecular weight excluding hydrogens is 334 g/mol. The maximum absolute atomic E-state index is 12.2. The van der Waals surface area contributed by atoms with Gasteiger partial charge in [0.2, 0.25) is 5.91 Å². The number of methoxy groups -OCH3 is 2. The molecule has 1 aliphatic heterocycles. The van der Waals surface area contributed by atoms with Gasteiger partial charge in [-0.3, -0.25) is 9.59 Å². The van der Waals surface area contributed by atoms with Gasteiger partial charge in [0.25, 0.3) is 5.91 Å². The maximum Gasteiger partial charge on any atom is 0.251 e. The van der Waals surface area contributed by atoms with E-state index in [0.717, 1.165) is 6.54 Å². The zero-order chi connectivity index (χ0) is 16.8. The van der Waals surface area contributed by atoms with Gasteiger partial charge in [-0.05, 0) is 25.1 Å². The summed E-state index contributed by atoms with van der Waals surface area (Å²) < 4.78 is 10.3. The first-order chi connectivity index (χ1) is 11.0. The molecule has 0 aromatic heterocycles. The van der Waals surface area contributed by atoms with Crippen molar-refractivity contribution in [2.45, 2.75) is 13.0 Å². The Bertz CT molecular complexity index is 582. The molecule has 7 nitrogen and oxygen atoms in total. The van der Waals surface area contributed by atoms with E-state index in [9.17, 15) is 9.59 Å². The Kier molecular flexibility index (Phi) is 7.81. The Labute approximate surface area is 148 Å². The van der Waals surface area contributed by atoms with E-state index in [1.807, 2.05) is 6.92 Å². The van der Waals surface area contributed by atoms with Gasteiger partial charge in [0, 0.05) is 31.2 Å². The number of rotatable bonds is 5. The second-order valence-corrected chi connectivity index (χ2v) is 5.45. The highest BCUT2D eigenvalue weighted by Crippen LogP contribution is 2.27. The molecule has 0 saturated carbocycles. The molecule has 8 heteroatoms. The second-order valence-electron chi connectivity index (χ2n) is 5.45. The van der Waals surface area contributed by atoms with Crippen LogP contribution in [-0.2, 0) is 4.79 Å². The highest BCUT2D eigenvalue weighted by atomic mass is 35.5. The molecule has 0 bridgehead atoms. The third-order valence-electron chi connectivity index (χ3n) is 3.77. The number of nitrogens with zero attached hydrogens (tertiary/aromatic N) is 1. The molecule has 1 heterocycles. The lowest BCUT2D eigenvalue weighted by molar-refractivity contribution is -0.131. The van der Waals surface area contributed by atoms with Gasteiger partial charge >= 0.3 is 0 Å². The van der Waals surface area contributed by atoms with E-state index < -0.39 is 0 Å². The van der Waals surface area contributed by atoms with Crippen LogP contribution in [0.3, 0.4) is 0 Å². The molecule has 2 N–H and O–H groups in total. The minimum absolute atomic E-state index is 0. The average Bonchev–Trinajstić information content (AvgIpc) is 2.58. The number of carbonyl (C=O) groups is 2. The summed E-state index contributed by atoms with van der Waals surface area (Å²) in [5.74, 6) is 0.631. The first kappa shape index (κ1) is 20.1. The van der Waals surface area contributed by atoms with E-state index in [4.69, 9.17) is 9.47 Å². The molecule has 1 atom stereocenters. The lowest BCUT2D eigenvalue weighted by Gasteiger charge is -2.31. The van der Waals surface area contributed by atoms with Gasteiger partial charge in [-0.25, -0.2) is 0 Å². The van der Waals surface area contributed by atoms with Crippen molar-refractivity contribution < 1.29 is 19.1 Å². The average molecular weight is 358 g/mol.